The highest BCUT2D eigenvalue weighted by atomic mass is 16.4. The molecule has 1 fully saturated rings. The highest BCUT2D eigenvalue weighted by Crippen LogP contribution is 2.42. The Balaban J connectivity index is 2.20. The van der Waals surface area contributed by atoms with Crippen LogP contribution in [0.1, 0.15) is 54.8 Å². The number of aliphatic hydroxyl groups excluding tert-OH is 1. The first-order valence-corrected chi connectivity index (χ1v) is 7.39. The molecule has 21 heavy (non-hydrogen) atoms. The molecule has 2 N–H and O–H groups in total. The van der Waals surface area contributed by atoms with Crippen LogP contribution in [0.5, 0.6) is 0 Å². The van der Waals surface area contributed by atoms with Crippen LogP contribution in [0.25, 0.3) is 11.0 Å². The van der Waals surface area contributed by atoms with E-state index >= 15 is 0 Å². The summed E-state index contributed by atoms with van der Waals surface area (Å²) in [4.78, 5) is 15.8. The van der Waals surface area contributed by atoms with E-state index in [0.29, 0.717) is 11.4 Å². The fourth-order valence-electron chi connectivity index (χ4n) is 2.82. The number of aliphatic hydroxyl groups is 1. The van der Waals surface area contributed by atoms with Gasteiger partial charge < -0.3 is 14.8 Å². The summed E-state index contributed by atoms with van der Waals surface area (Å²) in [6, 6.07) is 5.01. The molecule has 0 bridgehead atoms. The number of aromatic nitrogens is 2. The molecule has 0 radical (unpaired) electrons. The summed E-state index contributed by atoms with van der Waals surface area (Å²) < 4.78 is 2.11. The largest absolute Gasteiger partial charge is 0.478 e. The maximum Gasteiger partial charge on any atom is 0.335 e. The molecule has 0 amide bonds. The third-order valence-electron chi connectivity index (χ3n) is 4.19. The van der Waals surface area contributed by atoms with Crippen molar-refractivity contribution < 1.29 is 15.0 Å². The van der Waals surface area contributed by atoms with Gasteiger partial charge in [0, 0.05) is 5.92 Å². The Morgan fingerprint density at radius 3 is 2.67 bits per heavy atom. The molecule has 1 aromatic heterocycles. The van der Waals surface area contributed by atoms with E-state index in [-0.39, 0.29) is 24.1 Å². The van der Waals surface area contributed by atoms with Gasteiger partial charge in [0.25, 0.3) is 0 Å². The summed E-state index contributed by atoms with van der Waals surface area (Å²) >= 11 is 0. The molecule has 1 heterocycles. The van der Waals surface area contributed by atoms with Crippen LogP contribution in [0, 0.1) is 5.92 Å². The molecular formula is C16H20N2O3. The first-order chi connectivity index (χ1) is 10.0. The molecule has 0 aliphatic heterocycles. The zero-order valence-corrected chi connectivity index (χ0v) is 12.3. The minimum absolute atomic E-state index is 0.0266. The minimum Gasteiger partial charge on any atom is -0.478 e. The fourth-order valence-corrected chi connectivity index (χ4v) is 2.82. The van der Waals surface area contributed by atoms with Gasteiger partial charge in [-0.3, -0.25) is 0 Å². The molecule has 1 aromatic carbocycles. The van der Waals surface area contributed by atoms with E-state index in [1.54, 1.807) is 12.1 Å². The number of aromatic carboxylic acids is 1. The van der Waals surface area contributed by atoms with Crippen LogP contribution in [-0.4, -0.2) is 32.3 Å². The molecule has 5 nitrogen and oxygen atoms in total. The number of nitrogens with zero attached hydrogens (tertiary/aromatic N) is 2. The Kier molecular flexibility index (Phi) is 3.45. The second-order valence-corrected chi connectivity index (χ2v) is 6.12. The quantitative estimate of drug-likeness (QED) is 0.887. The van der Waals surface area contributed by atoms with E-state index in [9.17, 15) is 9.90 Å². The standard InChI is InChI=1S/C16H20N2O3/c1-9(2)14(8-19)18-13-6-5-11(16(20)21)7-12(13)17-15(18)10-3-4-10/h5-7,9-10,14,19H,3-4,8H2,1-2H3,(H,20,21)/t14-/m0/s1. The highest BCUT2D eigenvalue weighted by Gasteiger charge is 2.32. The van der Waals surface area contributed by atoms with Gasteiger partial charge in [-0.05, 0) is 37.0 Å². The van der Waals surface area contributed by atoms with E-state index in [2.05, 4.69) is 23.4 Å². The predicted molar refractivity (Wildman–Crippen MR) is 79.6 cm³/mol. The van der Waals surface area contributed by atoms with Crippen molar-refractivity contribution in [2.75, 3.05) is 6.61 Å². The number of carbonyl (C=O) groups is 1. The average molecular weight is 288 g/mol. The van der Waals surface area contributed by atoms with E-state index in [1.807, 2.05) is 6.07 Å². The number of benzene rings is 1. The van der Waals surface area contributed by atoms with Crippen molar-refractivity contribution in [1.29, 1.82) is 0 Å². The van der Waals surface area contributed by atoms with Crippen molar-refractivity contribution in [3.05, 3.63) is 29.6 Å². The number of hydrogen-bond acceptors (Lipinski definition) is 3. The molecule has 112 valence electrons. The number of carboxylic acid groups (broad SMARTS) is 1. The van der Waals surface area contributed by atoms with Crippen molar-refractivity contribution in [3.8, 4) is 0 Å². The zero-order valence-electron chi connectivity index (χ0n) is 12.3. The Bertz CT molecular complexity index is 686. The SMILES string of the molecule is CC(C)[C@H](CO)n1c(C2CC2)nc2cc(C(=O)O)ccc21. The molecule has 1 aliphatic carbocycles. The number of carboxylic acids is 1. The Labute approximate surface area is 123 Å². The normalized spacial score (nSPS) is 16.6. The van der Waals surface area contributed by atoms with Crippen molar-refractivity contribution in [1.82, 2.24) is 9.55 Å². The summed E-state index contributed by atoms with van der Waals surface area (Å²) in [5.74, 6) is 0.768. The van der Waals surface area contributed by atoms with E-state index in [4.69, 9.17) is 5.11 Å². The number of imidazole rings is 1. The summed E-state index contributed by atoms with van der Waals surface area (Å²) in [7, 11) is 0. The van der Waals surface area contributed by atoms with Gasteiger partial charge in [-0.2, -0.15) is 0 Å². The van der Waals surface area contributed by atoms with Gasteiger partial charge in [0.1, 0.15) is 5.82 Å². The molecule has 5 heteroatoms. The number of fused-ring (bicyclic) bond motifs is 1. The predicted octanol–water partition coefficient (Wildman–Crippen LogP) is 2.80. The lowest BCUT2D eigenvalue weighted by Gasteiger charge is -2.23. The first kappa shape index (κ1) is 14.1. The van der Waals surface area contributed by atoms with Gasteiger partial charge in [-0.25, -0.2) is 9.78 Å². The van der Waals surface area contributed by atoms with Gasteiger partial charge in [0.15, 0.2) is 0 Å². The third-order valence-corrected chi connectivity index (χ3v) is 4.19. The smallest absolute Gasteiger partial charge is 0.335 e. The summed E-state index contributed by atoms with van der Waals surface area (Å²) in [5, 5.41) is 18.9. The third kappa shape index (κ3) is 2.42. The topological polar surface area (TPSA) is 75.3 Å². The van der Waals surface area contributed by atoms with Crippen LogP contribution in [0.15, 0.2) is 18.2 Å². The van der Waals surface area contributed by atoms with Gasteiger partial charge >= 0.3 is 5.97 Å². The van der Waals surface area contributed by atoms with Gasteiger partial charge in [-0.15, -0.1) is 0 Å². The lowest BCUT2D eigenvalue weighted by atomic mass is 10.0. The molecule has 0 unspecified atom stereocenters. The van der Waals surface area contributed by atoms with Crippen LogP contribution in [0.2, 0.25) is 0 Å². The average Bonchev–Trinajstić information content (AvgIpc) is 3.21. The Hall–Kier alpha value is -1.88. The van der Waals surface area contributed by atoms with Crippen LogP contribution < -0.4 is 0 Å². The fraction of sp³-hybridized carbons (Fsp3) is 0.500. The lowest BCUT2D eigenvalue weighted by molar-refractivity contribution is 0.0697. The van der Waals surface area contributed by atoms with Crippen LogP contribution in [-0.2, 0) is 0 Å². The molecule has 3 rings (SSSR count). The summed E-state index contributed by atoms with van der Waals surface area (Å²) in [6.07, 6.45) is 2.23. The number of hydrogen-bond donors (Lipinski definition) is 2. The lowest BCUT2D eigenvalue weighted by Crippen LogP contribution is -2.21. The zero-order chi connectivity index (χ0) is 15.1. The summed E-state index contributed by atoms with van der Waals surface area (Å²) in [5.41, 5.74) is 1.87. The van der Waals surface area contributed by atoms with Crippen molar-refractivity contribution >= 4 is 17.0 Å². The number of rotatable bonds is 5. The Morgan fingerprint density at radius 2 is 2.14 bits per heavy atom. The van der Waals surface area contributed by atoms with Crippen molar-refractivity contribution in [2.45, 2.75) is 38.6 Å². The first-order valence-electron chi connectivity index (χ1n) is 7.39. The molecule has 1 aliphatic rings. The second kappa shape index (κ2) is 5.15. The second-order valence-electron chi connectivity index (χ2n) is 6.12. The van der Waals surface area contributed by atoms with Gasteiger partial charge in [-0.1, -0.05) is 13.8 Å². The maximum absolute atomic E-state index is 11.1. The maximum atomic E-state index is 11.1. The monoisotopic (exact) mass is 288 g/mol. The molecule has 1 atom stereocenters. The molecule has 2 aromatic rings. The molecule has 0 spiro atoms. The van der Waals surface area contributed by atoms with Gasteiger partial charge in [0.05, 0.1) is 29.2 Å². The molecular weight excluding hydrogens is 268 g/mol. The van der Waals surface area contributed by atoms with Crippen LogP contribution >= 0.6 is 0 Å². The van der Waals surface area contributed by atoms with Crippen molar-refractivity contribution in [2.24, 2.45) is 5.92 Å². The van der Waals surface area contributed by atoms with Crippen molar-refractivity contribution in [3.63, 3.8) is 0 Å². The summed E-state index contributed by atoms with van der Waals surface area (Å²) in [6.45, 7) is 4.22. The van der Waals surface area contributed by atoms with Crippen LogP contribution in [0.3, 0.4) is 0 Å². The van der Waals surface area contributed by atoms with E-state index < -0.39 is 5.97 Å². The van der Waals surface area contributed by atoms with Crippen LogP contribution in [0.4, 0.5) is 0 Å². The molecule has 0 saturated heterocycles. The minimum atomic E-state index is -0.943. The highest BCUT2D eigenvalue weighted by molar-refractivity contribution is 5.92. The molecule has 1 saturated carbocycles. The van der Waals surface area contributed by atoms with E-state index in [1.165, 1.54) is 0 Å². The van der Waals surface area contributed by atoms with E-state index in [0.717, 1.165) is 24.2 Å². The van der Waals surface area contributed by atoms with Gasteiger partial charge in [0.2, 0.25) is 0 Å². The Morgan fingerprint density at radius 1 is 1.43 bits per heavy atom.